The number of halogens is 1. The first-order valence-electron chi connectivity index (χ1n) is 6.28. The second-order valence-corrected chi connectivity index (χ2v) is 5.66. The molecular weight excluding hydrogens is 312 g/mol. The van der Waals surface area contributed by atoms with Gasteiger partial charge in [0.15, 0.2) is 0 Å². The van der Waals surface area contributed by atoms with Crippen LogP contribution in [-0.2, 0) is 11.3 Å². The summed E-state index contributed by atoms with van der Waals surface area (Å²) in [6.07, 6.45) is 2.05. The standard InChI is InChI=1S/C13H17BrN2O3/c1-15(11-4-6-19-7-5-11)9-10-2-3-12(14)13(8-10)16(17)18/h2-3,8,11H,4-7,9H2,1H3. The minimum Gasteiger partial charge on any atom is -0.381 e. The van der Waals surface area contributed by atoms with E-state index in [-0.39, 0.29) is 10.6 Å². The molecular formula is C13H17BrN2O3. The van der Waals surface area contributed by atoms with Crippen LogP contribution in [0.3, 0.4) is 0 Å². The summed E-state index contributed by atoms with van der Waals surface area (Å²) in [7, 11) is 2.06. The molecule has 0 unspecified atom stereocenters. The minimum absolute atomic E-state index is 0.123. The third-order valence-corrected chi connectivity index (χ3v) is 4.12. The average Bonchev–Trinajstić information content (AvgIpc) is 2.41. The normalized spacial score (nSPS) is 16.8. The lowest BCUT2D eigenvalue weighted by Gasteiger charge is -2.31. The van der Waals surface area contributed by atoms with Gasteiger partial charge in [0.25, 0.3) is 5.69 Å². The van der Waals surface area contributed by atoms with Crippen LogP contribution >= 0.6 is 15.9 Å². The molecule has 0 saturated carbocycles. The Balaban J connectivity index is 2.05. The maximum atomic E-state index is 10.9. The van der Waals surface area contributed by atoms with Gasteiger partial charge in [0, 0.05) is 31.9 Å². The van der Waals surface area contributed by atoms with Crippen molar-refractivity contribution >= 4 is 21.6 Å². The maximum absolute atomic E-state index is 10.9. The highest BCUT2D eigenvalue weighted by Crippen LogP contribution is 2.26. The average molecular weight is 329 g/mol. The Hall–Kier alpha value is -0.980. The van der Waals surface area contributed by atoms with Gasteiger partial charge < -0.3 is 4.74 Å². The van der Waals surface area contributed by atoms with Crippen molar-refractivity contribution in [2.24, 2.45) is 0 Å². The van der Waals surface area contributed by atoms with Crippen LogP contribution in [0.5, 0.6) is 0 Å². The predicted octanol–water partition coefficient (Wildman–Crippen LogP) is 2.97. The van der Waals surface area contributed by atoms with Crippen molar-refractivity contribution in [3.05, 3.63) is 38.3 Å². The van der Waals surface area contributed by atoms with Crippen LogP contribution in [0.4, 0.5) is 5.69 Å². The van der Waals surface area contributed by atoms with Crippen molar-refractivity contribution in [2.45, 2.75) is 25.4 Å². The quantitative estimate of drug-likeness (QED) is 0.629. The van der Waals surface area contributed by atoms with E-state index in [1.54, 1.807) is 12.1 Å². The molecule has 1 aliphatic heterocycles. The molecule has 0 bridgehead atoms. The summed E-state index contributed by atoms with van der Waals surface area (Å²) in [6.45, 7) is 2.32. The molecule has 6 heteroatoms. The molecule has 0 N–H and O–H groups in total. The Morgan fingerprint density at radius 1 is 1.47 bits per heavy atom. The van der Waals surface area contributed by atoms with Crippen LogP contribution in [0.15, 0.2) is 22.7 Å². The number of nitrogens with zero attached hydrogens (tertiary/aromatic N) is 2. The molecule has 2 rings (SSSR count). The second-order valence-electron chi connectivity index (χ2n) is 4.80. The fourth-order valence-corrected chi connectivity index (χ4v) is 2.73. The first kappa shape index (κ1) is 14.4. The summed E-state index contributed by atoms with van der Waals surface area (Å²) in [4.78, 5) is 12.8. The third kappa shape index (κ3) is 3.75. The molecule has 1 aliphatic rings. The summed E-state index contributed by atoms with van der Waals surface area (Å²) in [5.74, 6) is 0. The lowest BCUT2D eigenvalue weighted by atomic mass is 10.1. The molecule has 0 atom stereocenters. The van der Waals surface area contributed by atoms with Gasteiger partial charge in [0.1, 0.15) is 0 Å². The highest BCUT2D eigenvalue weighted by atomic mass is 79.9. The molecule has 0 aliphatic carbocycles. The van der Waals surface area contributed by atoms with Gasteiger partial charge in [0.2, 0.25) is 0 Å². The molecule has 1 aromatic carbocycles. The minimum atomic E-state index is -0.359. The number of hydrogen-bond donors (Lipinski definition) is 0. The molecule has 1 fully saturated rings. The summed E-state index contributed by atoms with van der Waals surface area (Å²) < 4.78 is 5.87. The van der Waals surface area contributed by atoms with Crippen molar-refractivity contribution in [3.63, 3.8) is 0 Å². The smallest absolute Gasteiger partial charge is 0.283 e. The lowest BCUT2D eigenvalue weighted by Crippen LogP contribution is -2.36. The molecule has 0 spiro atoms. The maximum Gasteiger partial charge on any atom is 0.283 e. The van der Waals surface area contributed by atoms with E-state index in [0.29, 0.717) is 10.5 Å². The Morgan fingerprint density at radius 3 is 2.79 bits per heavy atom. The predicted molar refractivity (Wildman–Crippen MR) is 76.1 cm³/mol. The van der Waals surface area contributed by atoms with Crippen molar-refractivity contribution in [1.29, 1.82) is 0 Å². The highest BCUT2D eigenvalue weighted by molar-refractivity contribution is 9.10. The molecule has 1 saturated heterocycles. The van der Waals surface area contributed by atoms with Crippen molar-refractivity contribution in [2.75, 3.05) is 20.3 Å². The number of benzene rings is 1. The Morgan fingerprint density at radius 2 is 2.16 bits per heavy atom. The zero-order chi connectivity index (χ0) is 13.8. The van der Waals surface area contributed by atoms with Gasteiger partial charge in [-0.1, -0.05) is 6.07 Å². The van der Waals surface area contributed by atoms with Crippen LogP contribution in [-0.4, -0.2) is 36.1 Å². The van der Waals surface area contributed by atoms with Crippen LogP contribution < -0.4 is 0 Å². The van der Waals surface area contributed by atoms with E-state index in [1.165, 1.54) is 0 Å². The number of nitro groups is 1. The third-order valence-electron chi connectivity index (χ3n) is 3.45. The molecule has 1 aromatic rings. The van der Waals surface area contributed by atoms with E-state index < -0.39 is 0 Å². The topological polar surface area (TPSA) is 55.6 Å². The summed E-state index contributed by atoms with van der Waals surface area (Å²) in [5, 5.41) is 10.9. The first-order valence-corrected chi connectivity index (χ1v) is 7.08. The zero-order valence-corrected chi connectivity index (χ0v) is 12.4. The molecule has 0 amide bonds. The van der Waals surface area contributed by atoms with E-state index in [9.17, 15) is 10.1 Å². The van der Waals surface area contributed by atoms with Crippen LogP contribution in [0.25, 0.3) is 0 Å². The van der Waals surface area contributed by atoms with Gasteiger partial charge in [-0.05, 0) is 47.4 Å². The van der Waals surface area contributed by atoms with Gasteiger partial charge in [0.05, 0.1) is 9.40 Å². The van der Waals surface area contributed by atoms with Gasteiger partial charge in [-0.15, -0.1) is 0 Å². The Kier molecular flexibility index (Phi) is 4.90. The van der Waals surface area contributed by atoms with E-state index in [1.807, 2.05) is 6.07 Å². The summed E-state index contributed by atoms with van der Waals surface area (Å²) in [5.41, 5.74) is 1.08. The number of rotatable bonds is 4. The van der Waals surface area contributed by atoms with E-state index in [2.05, 4.69) is 27.9 Å². The Labute approximate surface area is 120 Å². The largest absolute Gasteiger partial charge is 0.381 e. The highest BCUT2D eigenvalue weighted by Gasteiger charge is 2.19. The van der Waals surface area contributed by atoms with Crippen molar-refractivity contribution in [1.82, 2.24) is 4.90 Å². The number of hydrogen-bond acceptors (Lipinski definition) is 4. The van der Waals surface area contributed by atoms with Crippen LogP contribution in [0.1, 0.15) is 18.4 Å². The molecule has 0 radical (unpaired) electrons. The second kappa shape index (κ2) is 6.45. The summed E-state index contributed by atoms with van der Waals surface area (Å²) >= 11 is 3.20. The van der Waals surface area contributed by atoms with E-state index >= 15 is 0 Å². The first-order chi connectivity index (χ1) is 9.08. The van der Waals surface area contributed by atoms with Gasteiger partial charge >= 0.3 is 0 Å². The lowest BCUT2D eigenvalue weighted by molar-refractivity contribution is -0.385. The molecule has 19 heavy (non-hydrogen) atoms. The molecule has 0 aromatic heterocycles. The SMILES string of the molecule is CN(Cc1ccc(Br)c([N+](=O)[O-])c1)C1CCOCC1. The van der Waals surface area contributed by atoms with Gasteiger partial charge in [-0.2, -0.15) is 0 Å². The fraction of sp³-hybridized carbons (Fsp3) is 0.538. The fourth-order valence-electron chi connectivity index (χ4n) is 2.34. The van der Waals surface area contributed by atoms with Gasteiger partial charge in [-0.3, -0.25) is 15.0 Å². The Bertz CT molecular complexity index is 461. The summed E-state index contributed by atoms with van der Waals surface area (Å²) in [6, 6.07) is 5.80. The number of nitro benzene ring substituents is 1. The molecule has 1 heterocycles. The molecule has 104 valence electrons. The van der Waals surface area contributed by atoms with Crippen LogP contribution in [0, 0.1) is 10.1 Å². The molecule has 5 nitrogen and oxygen atoms in total. The van der Waals surface area contributed by atoms with Crippen LogP contribution in [0.2, 0.25) is 0 Å². The van der Waals surface area contributed by atoms with Crippen molar-refractivity contribution < 1.29 is 9.66 Å². The van der Waals surface area contributed by atoms with E-state index in [4.69, 9.17) is 4.74 Å². The zero-order valence-electron chi connectivity index (χ0n) is 10.8. The van der Waals surface area contributed by atoms with Gasteiger partial charge in [-0.25, -0.2) is 0 Å². The monoisotopic (exact) mass is 328 g/mol. The van der Waals surface area contributed by atoms with Crippen molar-refractivity contribution in [3.8, 4) is 0 Å². The number of ether oxygens (including phenoxy) is 1. The van der Waals surface area contributed by atoms with E-state index in [0.717, 1.165) is 38.2 Å².